The van der Waals surface area contributed by atoms with Gasteiger partial charge in [-0.15, -0.1) is 5.10 Å². The second-order valence-corrected chi connectivity index (χ2v) is 8.21. The number of hydrogen-bond acceptors (Lipinski definition) is 8. The van der Waals surface area contributed by atoms with Crippen LogP contribution in [-0.2, 0) is 5.75 Å². The number of thioether (sulfide) groups is 1. The van der Waals surface area contributed by atoms with Crippen molar-refractivity contribution in [3.63, 3.8) is 0 Å². The summed E-state index contributed by atoms with van der Waals surface area (Å²) < 4.78 is 1.69. The number of tetrazole rings is 1. The van der Waals surface area contributed by atoms with E-state index in [9.17, 15) is 10.1 Å². The number of anilines is 2. The molecule has 2 aromatic heterocycles. The molecule has 2 aromatic carbocycles. The van der Waals surface area contributed by atoms with Gasteiger partial charge in [0.1, 0.15) is 16.9 Å². The Bertz CT molecular complexity index is 1340. The van der Waals surface area contributed by atoms with E-state index in [4.69, 9.17) is 5.73 Å². The Hall–Kier alpha value is -4.23. The Labute approximate surface area is 194 Å². The fourth-order valence-corrected chi connectivity index (χ4v) is 4.21. The largest absolute Gasteiger partial charge is 0.383 e. The number of aryl methyl sites for hydroxylation is 2. The number of nitriles is 1. The number of amides is 1. The zero-order valence-electron chi connectivity index (χ0n) is 18.0. The van der Waals surface area contributed by atoms with Crippen LogP contribution in [0.25, 0.3) is 5.69 Å². The molecule has 3 N–H and O–H groups in total. The van der Waals surface area contributed by atoms with Gasteiger partial charge in [0, 0.05) is 5.69 Å². The van der Waals surface area contributed by atoms with Crippen LogP contribution in [0.4, 0.5) is 11.5 Å². The molecule has 0 aliphatic rings. The van der Waals surface area contributed by atoms with Crippen LogP contribution in [0.1, 0.15) is 32.9 Å². The van der Waals surface area contributed by atoms with Crippen LogP contribution >= 0.6 is 11.8 Å². The molecule has 1 amide bonds. The Morgan fingerprint density at radius 3 is 2.58 bits per heavy atom. The van der Waals surface area contributed by atoms with Crippen molar-refractivity contribution in [1.29, 1.82) is 5.26 Å². The molecule has 0 aliphatic heterocycles. The lowest BCUT2D eigenvalue weighted by molar-refractivity contribution is 0.102. The fraction of sp³-hybridized carbons (Fsp3) is 0.130. The lowest BCUT2D eigenvalue weighted by Gasteiger charge is -2.12. The van der Waals surface area contributed by atoms with Gasteiger partial charge in [-0.2, -0.15) is 9.94 Å². The lowest BCUT2D eigenvalue weighted by atomic mass is 10.1. The third kappa shape index (κ3) is 4.68. The van der Waals surface area contributed by atoms with E-state index in [0.29, 0.717) is 22.3 Å². The van der Waals surface area contributed by atoms with Gasteiger partial charge in [-0.25, -0.2) is 4.98 Å². The summed E-state index contributed by atoms with van der Waals surface area (Å²) in [6, 6.07) is 18.5. The van der Waals surface area contributed by atoms with Crippen LogP contribution in [0.15, 0.2) is 59.6 Å². The molecule has 9 nitrogen and oxygen atoms in total. The number of benzene rings is 2. The predicted molar refractivity (Wildman–Crippen MR) is 126 cm³/mol. The summed E-state index contributed by atoms with van der Waals surface area (Å²) in [7, 11) is 0. The highest BCUT2D eigenvalue weighted by Gasteiger charge is 2.18. The van der Waals surface area contributed by atoms with E-state index in [-0.39, 0.29) is 16.9 Å². The second kappa shape index (κ2) is 9.50. The number of para-hydroxylation sites is 2. The van der Waals surface area contributed by atoms with Crippen molar-refractivity contribution in [3.05, 3.63) is 82.7 Å². The summed E-state index contributed by atoms with van der Waals surface area (Å²) in [5.74, 6) is 0.572. The maximum Gasteiger partial charge on any atom is 0.259 e. The van der Waals surface area contributed by atoms with Crippen LogP contribution in [0.2, 0.25) is 0 Å². The molecule has 0 spiro atoms. The summed E-state index contributed by atoms with van der Waals surface area (Å²) in [6.07, 6.45) is 0. The van der Waals surface area contributed by atoms with Crippen molar-refractivity contribution in [2.24, 2.45) is 0 Å². The van der Waals surface area contributed by atoms with Gasteiger partial charge < -0.3 is 11.1 Å². The zero-order valence-corrected chi connectivity index (χ0v) is 18.8. The van der Waals surface area contributed by atoms with Crippen LogP contribution < -0.4 is 11.1 Å². The molecule has 0 unspecified atom stereocenters. The summed E-state index contributed by atoms with van der Waals surface area (Å²) >= 11 is 1.28. The first-order valence-electron chi connectivity index (χ1n) is 10.0. The first-order chi connectivity index (χ1) is 16.0. The highest BCUT2D eigenvalue weighted by molar-refractivity contribution is 7.98. The standard InChI is InChI=1S/C23H20N8OS/c1-14-7-6-8-15(2)20(14)31-19(28-29-30-31)13-33-23-16(12-24)11-18(21(25)27-23)22(32)26-17-9-4-3-5-10-17/h3-11H,13H2,1-2H3,(H2,25,27)(H,26,32). The molecule has 0 saturated heterocycles. The monoisotopic (exact) mass is 456 g/mol. The fourth-order valence-electron chi connectivity index (χ4n) is 3.34. The number of nitrogen functional groups attached to an aromatic ring is 1. The van der Waals surface area contributed by atoms with Crippen molar-refractivity contribution in [1.82, 2.24) is 25.2 Å². The first kappa shape index (κ1) is 22.0. The van der Waals surface area contributed by atoms with E-state index in [2.05, 4.69) is 31.9 Å². The molecule has 2 heterocycles. The maximum atomic E-state index is 12.6. The van der Waals surface area contributed by atoms with E-state index in [1.165, 1.54) is 17.8 Å². The van der Waals surface area contributed by atoms with E-state index in [1.807, 2.05) is 50.2 Å². The SMILES string of the molecule is Cc1cccc(C)c1-n1nnnc1CSc1nc(N)c(C(=O)Nc2ccccc2)cc1C#N. The smallest absolute Gasteiger partial charge is 0.259 e. The average molecular weight is 457 g/mol. The molecular formula is C23H20N8OS. The van der Waals surface area contributed by atoms with Gasteiger partial charge in [-0.1, -0.05) is 48.2 Å². The molecule has 0 bridgehead atoms. The van der Waals surface area contributed by atoms with Crippen molar-refractivity contribution >= 4 is 29.2 Å². The van der Waals surface area contributed by atoms with Crippen LogP contribution in [0.3, 0.4) is 0 Å². The number of nitrogens with two attached hydrogens (primary N) is 1. The highest BCUT2D eigenvalue weighted by atomic mass is 32.2. The predicted octanol–water partition coefficient (Wildman–Crippen LogP) is 3.67. The quantitative estimate of drug-likeness (QED) is 0.420. The maximum absolute atomic E-state index is 12.6. The second-order valence-electron chi connectivity index (χ2n) is 7.24. The first-order valence-corrected chi connectivity index (χ1v) is 11.0. The molecule has 33 heavy (non-hydrogen) atoms. The minimum absolute atomic E-state index is 0.0410. The number of nitrogens with zero attached hydrogens (tertiary/aromatic N) is 6. The molecule has 4 rings (SSSR count). The molecule has 4 aromatic rings. The average Bonchev–Trinajstić information content (AvgIpc) is 3.26. The normalized spacial score (nSPS) is 10.6. The minimum atomic E-state index is -0.432. The number of carbonyl (C=O) groups is 1. The summed E-state index contributed by atoms with van der Waals surface area (Å²) in [5.41, 5.74) is 10.1. The molecule has 10 heteroatoms. The van der Waals surface area contributed by atoms with Gasteiger partial charge >= 0.3 is 0 Å². The molecule has 0 fully saturated rings. The number of hydrogen-bond donors (Lipinski definition) is 2. The Balaban J connectivity index is 1.57. The van der Waals surface area contributed by atoms with Crippen molar-refractivity contribution in [2.45, 2.75) is 24.6 Å². The van der Waals surface area contributed by atoms with E-state index in [0.717, 1.165) is 16.8 Å². The van der Waals surface area contributed by atoms with Crippen LogP contribution in [-0.4, -0.2) is 31.1 Å². The van der Waals surface area contributed by atoms with Crippen molar-refractivity contribution in [2.75, 3.05) is 11.1 Å². The van der Waals surface area contributed by atoms with Gasteiger partial charge in [-0.3, -0.25) is 4.79 Å². The third-order valence-corrected chi connectivity index (χ3v) is 5.92. The van der Waals surface area contributed by atoms with E-state index < -0.39 is 5.91 Å². The minimum Gasteiger partial charge on any atom is -0.383 e. The van der Waals surface area contributed by atoms with Gasteiger partial charge in [-0.05, 0) is 53.6 Å². The van der Waals surface area contributed by atoms with Gasteiger partial charge in [0.15, 0.2) is 5.82 Å². The van der Waals surface area contributed by atoms with Crippen molar-refractivity contribution < 1.29 is 4.79 Å². The Morgan fingerprint density at radius 1 is 1.15 bits per heavy atom. The van der Waals surface area contributed by atoms with E-state index in [1.54, 1.807) is 16.8 Å². The van der Waals surface area contributed by atoms with Crippen LogP contribution in [0, 0.1) is 25.2 Å². The number of rotatable bonds is 6. The number of nitrogens with one attached hydrogen (secondary N) is 1. The summed E-state index contributed by atoms with van der Waals surface area (Å²) in [6.45, 7) is 3.99. The Morgan fingerprint density at radius 2 is 1.88 bits per heavy atom. The molecule has 0 aliphatic carbocycles. The van der Waals surface area contributed by atoms with Crippen LogP contribution in [0.5, 0.6) is 0 Å². The topological polar surface area (TPSA) is 135 Å². The van der Waals surface area contributed by atoms with Gasteiger partial charge in [0.25, 0.3) is 5.91 Å². The highest BCUT2D eigenvalue weighted by Crippen LogP contribution is 2.28. The summed E-state index contributed by atoms with van der Waals surface area (Å²) in [4.78, 5) is 17.0. The number of aromatic nitrogens is 5. The lowest BCUT2D eigenvalue weighted by Crippen LogP contribution is -2.15. The Kier molecular flexibility index (Phi) is 6.33. The van der Waals surface area contributed by atoms with Crippen molar-refractivity contribution in [3.8, 4) is 11.8 Å². The van der Waals surface area contributed by atoms with Gasteiger partial charge in [0.2, 0.25) is 0 Å². The van der Waals surface area contributed by atoms with E-state index >= 15 is 0 Å². The molecule has 164 valence electrons. The van der Waals surface area contributed by atoms with Gasteiger partial charge in [0.05, 0.1) is 22.6 Å². The molecular weight excluding hydrogens is 436 g/mol. The third-order valence-electron chi connectivity index (χ3n) is 4.94. The molecule has 0 radical (unpaired) electrons. The molecule has 0 saturated carbocycles. The number of carbonyl (C=O) groups excluding carboxylic acids is 1. The number of pyridine rings is 1. The summed E-state index contributed by atoms with van der Waals surface area (Å²) in [5, 5.41) is 24.9. The zero-order chi connectivity index (χ0) is 23.4. The molecule has 0 atom stereocenters.